The number of nitrogens with one attached hydrogen (secondary N) is 1. The van der Waals surface area contributed by atoms with Crippen LogP contribution in [-0.2, 0) is 22.7 Å². The third-order valence-corrected chi connectivity index (χ3v) is 5.15. The summed E-state index contributed by atoms with van der Waals surface area (Å²) in [7, 11) is -3.95. The lowest BCUT2D eigenvalue weighted by atomic mass is 10.1. The van der Waals surface area contributed by atoms with Crippen LogP contribution in [0.2, 0.25) is 0 Å². The largest absolute Gasteiger partial charge is 0.494 e. The molecule has 0 spiro atoms. The topological polar surface area (TPSA) is 55.4 Å². The summed E-state index contributed by atoms with van der Waals surface area (Å²) in [5, 5.41) is 0. The highest BCUT2D eigenvalue weighted by atomic mass is 32.2. The minimum atomic E-state index is -4.67. The molecule has 0 unspecified atom stereocenters. The van der Waals surface area contributed by atoms with Crippen molar-refractivity contribution in [3.05, 3.63) is 59.4 Å². The Balaban J connectivity index is 2.04. The lowest BCUT2D eigenvalue weighted by molar-refractivity contribution is -0.137. The highest BCUT2D eigenvalue weighted by Crippen LogP contribution is 2.30. The Bertz CT molecular complexity index is 865. The van der Waals surface area contributed by atoms with Crippen LogP contribution in [0.25, 0.3) is 0 Å². The van der Waals surface area contributed by atoms with Gasteiger partial charge >= 0.3 is 6.18 Å². The molecule has 0 aliphatic rings. The van der Waals surface area contributed by atoms with Gasteiger partial charge in [0.15, 0.2) is 0 Å². The first-order valence-electron chi connectivity index (χ1n) is 8.21. The Morgan fingerprint density at radius 3 is 2.30 bits per heavy atom. The maximum Gasteiger partial charge on any atom is 0.416 e. The van der Waals surface area contributed by atoms with Crippen molar-refractivity contribution in [3.8, 4) is 5.75 Å². The van der Waals surface area contributed by atoms with Crippen molar-refractivity contribution in [3.63, 3.8) is 0 Å². The molecular formula is C18H19F4NO3S. The highest BCUT2D eigenvalue weighted by molar-refractivity contribution is 7.89. The van der Waals surface area contributed by atoms with Crippen LogP contribution in [0.15, 0.2) is 47.4 Å². The molecule has 0 radical (unpaired) electrons. The van der Waals surface area contributed by atoms with Crippen molar-refractivity contribution >= 4 is 10.0 Å². The number of rotatable bonds is 8. The molecule has 27 heavy (non-hydrogen) atoms. The van der Waals surface area contributed by atoms with Crippen LogP contribution in [-0.4, -0.2) is 15.0 Å². The Hall–Kier alpha value is -2.13. The van der Waals surface area contributed by atoms with Crippen LogP contribution >= 0.6 is 0 Å². The number of hydrogen-bond acceptors (Lipinski definition) is 3. The molecule has 0 heterocycles. The van der Waals surface area contributed by atoms with E-state index >= 15 is 0 Å². The van der Waals surface area contributed by atoms with Gasteiger partial charge in [-0.15, -0.1) is 0 Å². The van der Waals surface area contributed by atoms with Gasteiger partial charge < -0.3 is 4.74 Å². The number of halogens is 4. The standard InChI is InChI=1S/C18H19F4NO3S/c1-2-3-10-26-15-6-8-16(9-7-15)27(24,25)23-12-13-4-5-14(11-17(13)19)18(20,21)22/h4-9,11,23H,2-3,10,12H2,1H3. The van der Waals surface area contributed by atoms with E-state index < -0.39 is 34.1 Å². The fourth-order valence-electron chi connectivity index (χ4n) is 2.17. The molecule has 0 atom stereocenters. The molecule has 0 fully saturated rings. The molecule has 4 nitrogen and oxygen atoms in total. The molecule has 0 aliphatic heterocycles. The zero-order chi connectivity index (χ0) is 20.1. The van der Waals surface area contributed by atoms with Gasteiger partial charge in [0.1, 0.15) is 11.6 Å². The number of unbranched alkanes of at least 4 members (excludes halogenated alkanes) is 1. The van der Waals surface area contributed by atoms with Crippen LogP contribution < -0.4 is 9.46 Å². The van der Waals surface area contributed by atoms with E-state index in [1.807, 2.05) is 6.92 Å². The van der Waals surface area contributed by atoms with Crippen LogP contribution in [0.3, 0.4) is 0 Å². The van der Waals surface area contributed by atoms with Crippen molar-refractivity contribution in [1.82, 2.24) is 4.72 Å². The molecule has 0 saturated carbocycles. The summed E-state index contributed by atoms with van der Waals surface area (Å²) in [4.78, 5) is -0.0577. The number of ether oxygens (including phenoxy) is 1. The predicted octanol–water partition coefficient (Wildman–Crippen LogP) is 4.50. The Labute approximate surface area is 155 Å². The number of benzene rings is 2. The normalized spacial score (nSPS) is 12.2. The van der Waals surface area contributed by atoms with Gasteiger partial charge in [0, 0.05) is 12.1 Å². The Morgan fingerprint density at radius 2 is 1.74 bits per heavy atom. The van der Waals surface area contributed by atoms with Crippen LogP contribution in [0.5, 0.6) is 5.75 Å². The van der Waals surface area contributed by atoms with Crippen molar-refractivity contribution in [2.45, 2.75) is 37.4 Å². The minimum absolute atomic E-state index is 0.0577. The monoisotopic (exact) mass is 405 g/mol. The third kappa shape index (κ3) is 5.93. The summed E-state index contributed by atoms with van der Waals surface area (Å²) in [6.45, 7) is 2.07. The first kappa shape index (κ1) is 21.2. The van der Waals surface area contributed by atoms with Crippen molar-refractivity contribution in [2.24, 2.45) is 0 Å². The zero-order valence-electron chi connectivity index (χ0n) is 14.5. The lowest BCUT2D eigenvalue weighted by Crippen LogP contribution is -2.24. The molecule has 148 valence electrons. The van der Waals surface area contributed by atoms with E-state index in [9.17, 15) is 26.0 Å². The number of hydrogen-bond donors (Lipinski definition) is 1. The van der Waals surface area contributed by atoms with Gasteiger partial charge in [-0.2, -0.15) is 13.2 Å². The second-order valence-electron chi connectivity index (χ2n) is 5.80. The van der Waals surface area contributed by atoms with E-state index in [-0.39, 0.29) is 10.5 Å². The molecular weight excluding hydrogens is 386 g/mol. The molecule has 0 aromatic heterocycles. The smallest absolute Gasteiger partial charge is 0.416 e. The van der Waals surface area contributed by atoms with E-state index in [1.54, 1.807) is 0 Å². The molecule has 1 N–H and O–H groups in total. The fraction of sp³-hybridized carbons (Fsp3) is 0.333. The Kier molecular flexibility index (Phi) is 6.83. The summed E-state index contributed by atoms with van der Waals surface area (Å²) in [6, 6.07) is 7.64. The van der Waals surface area contributed by atoms with Gasteiger partial charge in [0.2, 0.25) is 10.0 Å². The summed E-state index contributed by atoms with van der Waals surface area (Å²) in [6.07, 6.45) is -2.82. The van der Waals surface area contributed by atoms with Crippen LogP contribution in [0, 0.1) is 5.82 Å². The highest BCUT2D eigenvalue weighted by Gasteiger charge is 2.31. The number of sulfonamides is 1. The first-order valence-corrected chi connectivity index (χ1v) is 9.70. The van der Waals surface area contributed by atoms with E-state index in [4.69, 9.17) is 4.74 Å². The van der Waals surface area contributed by atoms with Crippen molar-refractivity contribution < 1.29 is 30.7 Å². The summed E-state index contributed by atoms with van der Waals surface area (Å²) < 4.78 is 83.6. The maximum atomic E-state index is 13.8. The van der Waals surface area contributed by atoms with Gasteiger partial charge in [-0.05, 0) is 42.8 Å². The fourth-order valence-corrected chi connectivity index (χ4v) is 3.18. The molecule has 0 bridgehead atoms. The van der Waals surface area contributed by atoms with Crippen molar-refractivity contribution in [2.75, 3.05) is 6.61 Å². The molecule has 0 amide bonds. The summed E-state index contributed by atoms with van der Waals surface area (Å²) in [5.41, 5.74) is -1.32. The maximum absolute atomic E-state index is 13.8. The molecule has 0 aliphatic carbocycles. The van der Waals surface area contributed by atoms with Gasteiger partial charge in [-0.3, -0.25) is 0 Å². The summed E-state index contributed by atoms with van der Waals surface area (Å²) >= 11 is 0. The van der Waals surface area contributed by atoms with Gasteiger partial charge in [0.25, 0.3) is 0 Å². The quantitative estimate of drug-likeness (QED) is 0.520. The lowest BCUT2D eigenvalue weighted by Gasteiger charge is -2.11. The van der Waals surface area contributed by atoms with Gasteiger partial charge in [-0.1, -0.05) is 19.4 Å². The van der Waals surface area contributed by atoms with Crippen LogP contribution in [0.1, 0.15) is 30.9 Å². The van der Waals surface area contributed by atoms with Crippen molar-refractivity contribution in [1.29, 1.82) is 0 Å². The second-order valence-corrected chi connectivity index (χ2v) is 7.57. The average molecular weight is 405 g/mol. The molecule has 0 saturated heterocycles. The van der Waals surface area contributed by atoms with E-state index in [0.29, 0.717) is 24.5 Å². The third-order valence-electron chi connectivity index (χ3n) is 3.73. The summed E-state index contributed by atoms with van der Waals surface area (Å²) in [5.74, 6) is -0.608. The van der Waals surface area contributed by atoms with E-state index in [0.717, 1.165) is 18.9 Å². The molecule has 2 aromatic rings. The molecule has 2 aromatic carbocycles. The van der Waals surface area contributed by atoms with Gasteiger partial charge in [-0.25, -0.2) is 17.5 Å². The van der Waals surface area contributed by atoms with Gasteiger partial charge in [0.05, 0.1) is 17.1 Å². The van der Waals surface area contributed by atoms with E-state index in [2.05, 4.69) is 4.72 Å². The molecule has 9 heteroatoms. The van der Waals surface area contributed by atoms with Crippen LogP contribution in [0.4, 0.5) is 17.6 Å². The first-order chi connectivity index (χ1) is 12.6. The zero-order valence-corrected chi connectivity index (χ0v) is 15.3. The molecule has 2 rings (SSSR count). The minimum Gasteiger partial charge on any atom is -0.494 e. The number of alkyl halides is 3. The predicted molar refractivity (Wildman–Crippen MR) is 92.3 cm³/mol. The van der Waals surface area contributed by atoms with E-state index in [1.165, 1.54) is 24.3 Å². The Morgan fingerprint density at radius 1 is 1.07 bits per heavy atom. The SMILES string of the molecule is CCCCOc1ccc(S(=O)(=O)NCc2ccc(C(F)(F)F)cc2F)cc1. The second kappa shape index (κ2) is 8.71. The average Bonchev–Trinajstić information content (AvgIpc) is 2.60.